The minimum Gasteiger partial charge on any atom is -0.497 e. The molecule has 33 heavy (non-hydrogen) atoms. The molecule has 1 fully saturated rings. The second-order valence-electron chi connectivity index (χ2n) is 9.08. The summed E-state index contributed by atoms with van der Waals surface area (Å²) in [7, 11) is 1.67. The third-order valence-corrected chi connectivity index (χ3v) is 7.12. The molecule has 3 aromatic rings. The molecule has 0 radical (unpaired) electrons. The standard InChI is InChI=1S/C27H33N3O2S/c1-18-9-12-21-15-22(26(31)29-25(21)19(18)2)17-30(16-20-10-13-24(32-3)14-11-20)27(33)28-23-7-5-4-6-8-23/h9-15,23H,4-8,16-17H2,1-3H3,(H,28,33)(H,29,31). The van der Waals surface area contributed by atoms with Crippen LogP contribution in [0.25, 0.3) is 10.9 Å². The summed E-state index contributed by atoms with van der Waals surface area (Å²) in [5.74, 6) is 0.824. The molecule has 0 spiro atoms. The van der Waals surface area contributed by atoms with Crippen LogP contribution in [-0.2, 0) is 13.1 Å². The van der Waals surface area contributed by atoms with Crippen LogP contribution in [-0.4, -0.2) is 28.1 Å². The van der Waals surface area contributed by atoms with E-state index in [0.29, 0.717) is 29.8 Å². The van der Waals surface area contributed by atoms with Crippen molar-refractivity contribution in [2.75, 3.05) is 7.11 Å². The SMILES string of the molecule is COc1ccc(CN(Cc2cc3ccc(C)c(C)c3[nH]c2=O)C(=S)NC2CCCCC2)cc1. The summed E-state index contributed by atoms with van der Waals surface area (Å²) in [5.41, 5.74) is 4.97. The van der Waals surface area contributed by atoms with E-state index in [1.54, 1.807) is 7.11 Å². The average molecular weight is 464 g/mol. The molecule has 2 N–H and O–H groups in total. The van der Waals surface area contributed by atoms with E-state index in [-0.39, 0.29) is 5.56 Å². The molecule has 0 saturated heterocycles. The van der Waals surface area contributed by atoms with E-state index < -0.39 is 0 Å². The topological polar surface area (TPSA) is 57.4 Å². The van der Waals surface area contributed by atoms with Crippen molar-refractivity contribution in [1.82, 2.24) is 15.2 Å². The molecule has 6 heteroatoms. The molecule has 0 amide bonds. The van der Waals surface area contributed by atoms with Crippen LogP contribution in [0, 0.1) is 13.8 Å². The zero-order valence-electron chi connectivity index (χ0n) is 19.7. The van der Waals surface area contributed by atoms with Crippen molar-refractivity contribution in [3.05, 3.63) is 75.1 Å². The third kappa shape index (κ3) is 5.56. The number of aromatic amines is 1. The van der Waals surface area contributed by atoms with Gasteiger partial charge in [-0.05, 0) is 79.2 Å². The first-order valence-electron chi connectivity index (χ1n) is 11.7. The Hall–Kier alpha value is -2.86. The van der Waals surface area contributed by atoms with Crippen LogP contribution in [0.5, 0.6) is 5.75 Å². The van der Waals surface area contributed by atoms with Crippen LogP contribution < -0.4 is 15.6 Å². The predicted molar refractivity (Wildman–Crippen MR) is 139 cm³/mol. The van der Waals surface area contributed by atoms with Gasteiger partial charge in [0.2, 0.25) is 0 Å². The van der Waals surface area contributed by atoms with Gasteiger partial charge in [0, 0.05) is 18.2 Å². The first-order chi connectivity index (χ1) is 15.9. The van der Waals surface area contributed by atoms with E-state index >= 15 is 0 Å². The molecule has 1 saturated carbocycles. The second-order valence-corrected chi connectivity index (χ2v) is 9.47. The van der Waals surface area contributed by atoms with Gasteiger partial charge in [-0.15, -0.1) is 0 Å². The Morgan fingerprint density at radius 1 is 1.09 bits per heavy atom. The van der Waals surface area contributed by atoms with Gasteiger partial charge in [-0.2, -0.15) is 0 Å². The molecule has 1 heterocycles. The van der Waals surface area contributed by atoms with Gasteiger partial charge < -0.3 is 19.9 Å². The number of thiocarbonyl (C=S) groups is 1. The molecule has 0 bridgehead atoms. The lowest BCUT2D eigenvalue weighted by Gasteiger charge is -2.31. The number of benzene rings is 2. The van der Waals surface area contributed by atoms with Crippen LogP contribution in [0.4, 0.5) is 0 Å². The van der Waals surface area contributed by atoms with E-state index in [0.717, 1.165) is 40.6 Å². The minimum absolute atomic E-state index is 0.0589. The molecular formula is C27H33N3O2S. The molecular weight excluding hydrogens is 430 g/mol. The van der Waals surface area contributed by atoms with Crippen molar-refractivity contribution in [3.8, 4) is 5.75 Å². The summed E-state index contributed by atoms with van der Waals surface area (Å²) >= 11 is 5.86. The molecule has 1 aliphatic carbocycles. The zero-order chi connectivity index (χ0) is 23.4. The largest absolute Gasteiger partial charge is 0.497 e. The van der Waals surface area contributed by atoms with Crippen LogP contribution in [0.2, 0.25) is 0 Å². The van der Waals surface area contributed by atoms with Crippen molar-refractivity contribution in [1.29, 1.82) is 0 Å². The number of aromatic nitrogens is 1. The number of aryl methyl sites for hydroxylation is 2. The highest BCUT2D eigenvalue weighted by molar-refractivity contribution is 7.80. The number of nitrogens with zero attached hydrogens (tertiary/aromatic N) is 1. The Kier molecular flexibility index (Phi) is 7.33. The van der Waals surface area contributed by atoms with Crippen LogP contribution in [0.15, 0.2) is 47.3 Å². The number of pyridine rings is 1. The first kappa shape index (κ1) is 23.3. The van der Waals surface area contributed by atoms with Crippen LogP contribution in [0.1, 0.15) is 54.4 Å². The fourth-order valence-electron chi connectivity index (χ4n) is 4.56. The average Bonchev–Trinajstić information content (AvgIpc) is 2.83. The Bertz CT molecular complexity index is 1180. The summed E-state index contributed by atoms with van der Waals surface area (Å²) in [5, 5.41) is 5.33. The number of ether oxygens (including phenoxy) is 1. The van der Waals surface area contributed by atoms with Crippen molar-refractivity contribution in [2.45, 2.75) is 65.1 Å². The third-order valence-electron chi connectivity index (χ3n) is 6.74. The van der Waals surface area contributed by atoms with E-state index in [4.69, 9.17) is 17.0 Å². The molecule has 1 aromatic heterocycles. The lowest BCUT2D eigenvalue weighted by atomic mass is 9.96. The lowest BCUT2D eigenvalue weighted by Crippen LogP contribution is -2.45. The Labute approximate surface area is 201 Å². The number of rotatable bonds is 6. The Morgan fingerprint density at radius 2 is 1.82 bits per heavy atom. The fourth-order valence-corrected chi connectivity index (χ4v) is 4.85. The first-order valence-corrected chi connectivity index (χ1v) is 12.2. The number of hydrogen-bond donors (Lipinski definition) is 2. The van der Waals surface area contributed by atoms with Gasteiger partial charge >= 0.3 is 0 Å². The molecule has 0 atom stereocenters. The van der Waals surface area contributed by atoms with Gasteiger partial charge in [0.1, 0.15) is 5.75 Å². The molecule has 174 valence electrons. The van der Waals surface area contributed by atoms with Crippen molar-refractivity contribution in [3.63, 3.8) is 0 Å². The number of nitrogens with one attached hydrogen (secondary N) is 2. The Morgan fingerprint density at radius 3 is 2.52 bits per heavy atom. The quantitative estimate of drug-likeness (QED) is 0.482. The number of methoxy groups -OCH3 is 1. The van der Waals surface area contributed by atoms with Crippen molar-refractivity contribution in [2.24, 2.45) is 0 Å². The second kappa shape index (κ2) is 10.4. The summed E-state index contributed by atoms with van der Waals surface area (Å²) < 4.78 is 5.30. The molecule has 4 rings (SSSR count). The van der Waals surface area contributed by atoms with Gasteiger partial charge in [0.05, 0.1) is 19.2 Å². The highest BCUT2D eigenvalue weighted by Gasteiger charge is 2.19. The van der Waals surface area contributed by atoms with Gasteiger partial charge in [-0.25, -0.2) is 0 Å². The van der Waals surface area contributed by atoms with Gasteiger partial charge in [-0.1, -0.05) is 43.5 Å². The molecule has 0 aliphatic heterocycles. The predicted octanol–water partition coefficient (Wildman–Crippen LogP) is 5.36. The van der Waals surface area contributed by atoms with Crippen LogP contribution in [0.3, 0.4) is 0 Å². The number of fused-ring (bicyclic) bond motifs is 1. The van der Waals surface area contributed by atoms with Gasteiger partial charge in [-0.3, -0.25) is 4.79 Å². The highest BCUT2D eigenvalue weighted by atomic mass is 32.1. The van der Waals surface area contributed by atoms with E-state index in [1.807, 2.05) is 37.3 Å². The molecule has 2 aromatic carbocycles. The van der Waals surface area contributed by atoms with Gasteiger partial charge in [0.25, 0.3) is 5.56 Å². The minimum atomic E-state index is -0.0589. The molecule has 5 nitrogen and oxygen atoms in total. The van der Waals surface area contributed by atoms with Crippen molar-refractivity contribution < 1.29 is 4.74 Å². The lowest BCUT2D eigenvalue weighted by molar-refractivity contribution is 0.362. The summed E-state index contributed by atoms with van der Waals surface area (Å²) in [6, 6.07) is 14.6. The van der Waals surface area contributed by atoms with E-state index in [2.05, 4.69) is 34.3 Å². The Balaban J connectivity index is 1.61. The summed E-state index contributed by atoms with van der Waals surface area (Å²) in [4.78, 5) is 18.2. The zero-order valence-corrected chi connectivity index (χ0v) is 20.6. The fraction of sp³-hybridized carbons (Fsp3) is 0.407. The maximum Gasteiger partial charge on any atom is 0.253 e. The highest BCUT2D eigenvalue weighted by Crippen LogP contribution is 2.21. The summed E-state index contributed by atoms with van der Waals surface area (Å²) in [6.07, 6.45) is 6.06. The number of H-pyrrole nitrogens is 1. The molecule has 0 unspecified atom stereocenters. The van der Waals surface area contributed by atoms with Gasteiger partial charge in [0.15, 0.2) is 5.11 Å². The maximum atomic E-state index is 13.0. The summed E-state index contributed by atoms with van der Waals surface area (Å²) in [6.45, 7) is 5.18. The molecule has 1 aliphatic rings. The van der Waals surface area contributed by atoms with E-state index in [1.165, 1.54) is 24.8 Å². The number of hydrogen-bond acceptors (Lipinski definition) is 3. The maximum absolute atomic E-state index is 13.0. The van der Waals surface area contributed by atoms with E-state index in [9.17, 15) is 4.79 Å². The normalized spacial score (nSPS) is 14.3. The monoisotopic (exact) mass is 463 g/mol. The van der Waals surface area contributed by atoms with Crippen LogP contribution >= 0.6 is 12.2 Å². The smallest absolute Gasteiger partial charge is 0.253 e. The van der Waals surface area contributed by atoms with Crippen molar-refractivity contribution >= 4 is 28.2 Å².